The molecule has 1 heterocycles. The highest BCUT2D eigenvalue weighted by Gasteiger charge is 2.68. The SMILES string of the molecule is COCO[C@@H]1CC(C=O)(CCC(C)=O)C(=O)[C@]2(C)CC[C@H]3OC(C)(C)OC[C@@]3(C)[C@@H]12. The molecule has 3 aliphatic rings. The number of hydrogen-bond donors (Lipinski definition) is 0. The molecule has 0 N–H and O–H groups in total. The molecule has 0 aromatic rings. The number of aldehydes is 1. The number of methoxy groups -OCH3 is 1. The largest absolute Gasteiger partial charge is 0.359 e. The molecule has 1 aliphatic heterocycles. The zero-order valence-electron chi connectivity index (χ0n) is 19.1. The van der Waals surface area contributed by atoms with Crippen molar-refractivity contribution in [1.82, 2.24) is 0 Å². The first-order valence-electron chi connectivity index (χ1n) is 10.9. The van der Waals surface area contributed by atoms with E-state index in [4.69, 9.17) is 18.9 Å². The number of carbonyl (C=O) groups is 3. The molecule has 0 amide bonds. The summed E-state index contributed by atoms with van der Waals surface area (Å²) < 4.78 is 23.6. The second kappa shape index (κ2) is 8.08. The van der Waals surface area contributed by atoms with Gasteiger partial charge in [0, 0.05) is 30.3 Å². The molecule has 0 aromatic carbocycles. The second-order valence-electron chi connectivity index (χ2n) is 10.4. The maximum Gasteiger partial charge on any atom is 0.163 e. The minimum absolute atomic E-state index is 0.0300. The topological polar surface area (TPSA) is 88.1 Å². The third kappa shape index (κ3) is 3.78. The van der Waals surface area contributed by atoms with Crippen LogP contribution >= 0.6 is 0 Å². The number of hydrogen-bond acceptors (Lipinski definition) is 7. The van der Waals surface area contributed by atoms with Gasteiger partial charge >= 0.3 is 0 Å². The fraction of sp³-hybridized carbons (Fsp3) is 0.870. The predicted octanol–water partition coefficient (Wildman–Crippen LogP) is 3.08. The van der Waals surface area contributed by atoms with Gasteiger partial charge in [0.05, 0.1) is 24.2 Å². The molecule has 7 heteroatoms. The molecule has 7 nitrogen and oxygen atoms in total. The Hall–Kier alpha value is -1.15. The van der Waals surface area contributed by atoms with Crippen LogP contribution in [0.15, 0.2) is 0 Å². The van der Waals surface area contributed by atoms with Crippen molar-refractivity contribution in [1.29, 1.82) is 0 Å². The van der Waals surface area contributed by atoms with Crippen molar-refractivity contribution in [2.24, 2.45) is 22.2 Å². The van der Waals surface area contributed by atoms with Gasteiger partial charge in [-0.15, -0.1) is 0 Å². The molecule has 30 heavy (non-hydrogen) atoms. The second-order valence-corrected chi connectivity index (χ2v) is 10.4. The number of fused-ring (bicyclic) bond motifs is 3. The molecule has 3 fully saturated rings. The molecule has 1 saturated heterocycles. The Morgan fingerprint density at radius 3 is 2.57 bits per heavy atom. The molecule has 6 atom stereocenters. The monoisotopic (exact) mass is 424 g/mol. The number of rotatable bonds is 7. The van der Waals surface area contributed by atoms with E-state index in [1.807, 2.05) is 20.8 Å². The Morgan fingerprint density at radius 1 is 1.27 bits per heavy atom. The standard InChI is InChI=1S/C23H36O7/c1-15(25)7-10-23(12-24)11-16(28-14-27-6)18-21(4,19(23)26)9-8-17-22(18,5)13-29-20(2,3)30-17/h12,16-18H,7-11,13-14H2,1-6H3/t16-,17-,18+,21-,22-,23?/m1/s1. The van der Waals surface area contributed by atoms with Gasteiger partial charge in [0.25, 0.3) is 0 Å². The summed E-state index contributed by atoms with van der Waals surface area (Å²) in [6.45, 7) is 9.88. The van der Waals surface area contributed by atoms with Crippen LogP contribution in [0.25, 0.3) is 0 Å². The zero-order valence-corrected chi connectivity index (χ0v) is 19.1. The van der Waals surface area contributed by atoms with Crippen molar-refractivity contribution in [2.45, 2.75) is 84.7 Å². The quantitative estimate of drug-likeness (QED) is 0.352. The summed E-state index contributed by atoms with van der Waals surface area (Å²) in [7, 11) is 1.55. The number of ketones is 2. The Morgan fingerprint density at radius 2 is 1.97 bits per heavy atom. The predicted molar refractivity (Wildman–Crippen MR) is 109 cm³/mol. The number of ether oxygens (including phenoxy) is 4. The maximum atomic E-state index is 13.9. The van der Waals surface area contributed by atoms with E-state index in [-0.39, 0.29) is 55.7 Å². The average molecular weight is 425 g/mol. The van der Waals surface area contributed by atoms with Crippen molar-refractivity contribution in [3.8, 4) is 0 Å². The van der Waals surface area contributed by atoms with Crippen LogP contribution in [0.5, 0.6) is 0 Å². The fourth-order valence-corrected chi connectivity index (χ4v) is 6.24. The van der Waals surface area contributed by atoms with E-state index >= 15 is 0 Å². The van der Waals surface area contributed by atoms with Gasteiger partial charge in [0.1, 0.15) is 18.9 Å². The van der Waals surface area contributed by atoms with Crippen molar-refractivity contribution in [2.75, 3.05) is 20.5 Å². The van der Waals surface area contributed by atoms with Gasteiger partial charge in [-0.05, 0) is 46.5 Å². The van der Waals surface area contributed by atoms with Crippen LogP contribution in [0.2, 0.25) is 0 Å². The van der Waals surface area contributed by atoms with Gasteiger partial charge in [-0.1, -0.05) is 13.8 Å². The first-order valence-corrected chi connectivity index (χ1v) is 10.9. The average Bonchev–Trinajstić information content (AvgIpc) is 2.68. The van der Waals surface area contributed by atoms with Crippen molar-refractivity contribution >= 4 is 17.9 Å². The van der Waals surface area contributed by atoms with Crippen molar-refractivity contribution in [3.05, 3.63) is 0 Å². The van der Waals surface area contributed by atoms with E-state index in [1.165, 1.54) is 6.92 Å². The molecule has 0 bridgehead atoms. The van der Waals surface area contributed by atoms with E-state index in [1.54, 1.807) is 7.11 Å². The maximum absolute atomic E-state index is 13.9. The first kappa shape index (κ1) is 23.5. The van der Waals surface area contributed by atoms with E-state index in [2.05, 4.69) is 6.92 Å². The van der Waals surface area contributed by atoms with Crippen LogP contribution in [0.3, 0.4) is 0 Å². The van der Waals surface area contributed by atoms with Gasteiger partial charge < -0.3 is 28.5 Å². The van der Waals surface area contributed by atoms with Crippen LogP contribution in [0.4, 0.5) is 0 Å². The summed E-state index contributed by atoms with van der Waals surface area (Å²) in [4.78, 5) is 37.9. The Bertz CT molecular complexity index is 704. The molecule has 0 spiro atoms. The van der Waals surface area contributed by atoms with Gasteiger partial charge in [0.2, 0.25) is 0 Å². The molecule has 1 unspecified atom stereocenters. The summed E-state index contributed by atoms with van der Waals surface area (Å²) in [5.41, 5.74) is -2.42. The van der Waals surface area contributed by atoms with Crippen LogP contribution in [0, 0.1) is 22.2 Å². The highest BCUT2D eigenvalue weighted by Crippen LogP contribution is 2.62. The van der Waals surface area contributed by atoms with Crippen molar-refractivity contribution < 1.29 is 33.3 Å². The summed E-state index contributed by atoms with van der Waals surface area (Å²) >= 11 is 0. The highest BCUT2D eigenvalue weighted by atomic mass is 16.7. The summed E-state index contributed by atoms with van der Waals surface area (Å²) in [5, 5.41) is 0. The fourth-order valence-electron chi connectivity index (χ4n) is 6.24. The molecule has 2 aliphatic carbocycles. The van der Waals surface area contributed by atoms with E-state index in [0.717, 1.165) is 6.29 Å². The smallest absolute Gasteiger partial charge is 0.163 e. The molecular formula is C23H36O7. The summed E-state index contributed by atoms with van der Waals surface area (Å²) in [6.07, 6.45) is 2.29. The highest BCUT2D eigenvalue weighted by molar-refractivity contribution is 6.03. The zero-order chi connectivity index (χ0) is 22.4. The molecule has 170 valence electrons. The first-order chi connectivity index (χ1) is 13.9. The third-order valence-corrected chi connectivity index (χ3v) is 7.67. The van der Waals surface area contributed by atoms with E-state index in [0.29, 0.717) is 19.4 Å². The van der Waals surface area contributed by atoms with Gasteiger partial charge in [0.15, 0.2) is 11.6 Å². The molecular weight excluding hydrogens is 388 g/mol. The Labute approximate surface area is 179 Å². The van der Waals surface area contributed by atoms with Crippen LogP contribution in [0.1, 0.15) is 66.7 Å². The van der Waals surface area contributed by atoms with Crippen LogP contribution < -0.4 is 0 Å². The molecule has 3 rings (SSSR count). The minimum Gasteiger partial charge on any atom is -0.359 e. The van der Waals surface area contributed by atoms with Gasteiger partial charge in [-0.2, -0.15) is 0 Å². The van der Waals surface area contributed by atoms with E-state index in [9.17, 15) is 14.4 Å². The van der Waals surface area contributed by atoms with Crippen LogP contribution in [-0.2, 0) is 33.3 Å². The molecule has 0 aromatic heterocycles. The summed E-state index contributed by atoms with van der Waals surface area (Å²) in [6, 6.07) is 0. The lowest BCUT2D eigenvalue weighted by molar-refractivity contribution is -0.349. The normalized spacial score (nSPS) is 42.9. The molecule has 2 saturated carbocycles. The number of carbonyl (C=O) groups excluding carboxylic acids is 3. The lowest BCUT2D eigenvalue weighted by atomic mass is 9.44. The molecule has 0 radical (unpaired) electrons. The van der Waals surface area contributed by atoms with Gasteiger partial charge in [-0.25, -0.2) is 0 Å². The third-order valence-electron chi connectivity index (χ3n) is 7.67. The minimum atomic E-state index is -1.21. The van der Waals surface area contributed by atoms with E-state index < -0.39 is 22.0 Å². The van der Waals surface area contributed by atoms with Gasteiger partial charge in [-0.3, -0.25) is 4.79 Å². The van der Waals surface area contributed by atoms with Crippen molar-refractivity contribution in [3.63, 3.8) is 0 Å². The summed E-state index contributed by atoms with van der Waals surface area (Å²) in [5.74, 6) is -0.961. The Kier molecular flexibility index (Phi) is 6.33. The van der Waals surface area contributed by atoms with Crippen LogP contribution in [-0.4, -0.2) is 56.4 Å². The lowest BCUT2D eigenvalue weighted by Gasteiger charge is -2.63. The Balaban J connectivity index is 2.03. The lowest BCUT2D eigenvalue weighted by Crippen LogP contribution is -2.69. The number of Topliss-reactive ketones (excluding diaryl/α,β-unsaturated/α-hetero) is 2.